The molecular formula is C8H11N3. The molecule has 2 heterocycles. The van der Waals surface area contributed by atoms with E-state index >= 15 is 0 Å². The third kappa shape index (κ3) is 1.39. The summed E-state index contributed by atoms with van der Waals surface area (Å²) < 4.78 is 0. The fraction of sp³-hybridized carbons (Fsp3) is 0.375. The van der Waals surface area contributed by atoms with Gasteiger partial charge in [0.2, 0.25) is 0 Å². The van der Waals surface area contributed by atoms with E-state index in [2.05, 4.69) is 28.0 Å². The minimum atomic E-state index is 0.609. The first-order chi connectivity index (χ1) is 5.47. The van der Waals surface area contributed by atoms with Gasteiger partial charge in [-0.1, -0.05) is 0 Å². The van der Waals surface area contributed by atoms with Crippen LogP contribution < -0.4 is 10.9 Å². The molecule has 0 radical (unpaired) electrons. The molecule has 0 aliphatic carbocycles. The highest BCUT2D eigenvalue weighted by Crippen LogP contribution is 2.14. The average molecular weight is 149 g/mol. The number of hydrogen-bond donors (Lipinski definition) is 2. The maximum atomic E-state index is 3.98. The van der Waals surface area contributed by atoms with E-state index in [9.17, 15) is 0 Å². The molecule has 3 heteroatoms. The highest BCUT2D eigenvalue weighted by atomic mass is 15.4. The number of aromatic nitrogens is 1. The molecule has 1 fully saturated rings. The van der Waals surface area contributed by atoms with E-state index < -0.39 is 0 Å². The number of hydrazine groups is 1. The summed E-state index contributed by atoms with van der Waals surface area (Å²) in [5.41, 5.74) is 7.56. The minimum Gasteiger partial charge on any atom is -0.265 e. The second-order valence-corrected chi connectivity index (χ2v) is 2.74. The Morgan fingerprint density at radius 2 is 1.82 bits per heavy atom. The topological polar surface area (TPSA) is 37.0 Å². The molecule has 2 N–H and O–H groups in total. The molecule has 0 bridgehead atoms. The van der Waals surface area contributed by atoms with Crippen molar-refractivity contribution in [2.45, 2.75) is 5.92 Å². The van der Waals surface area contributed by atoms with E-state index in [1.54, 1.807) is 0 Å². The molecule has 1 aromatic rings. The van der Waals surface area contributed by atoms with Crippen LogP contribution in [0.2, 0.25) is 0 Å². The summed E-state index contributed by atoms with van der Waals surface area (Å²) in [6, 6.07) is 4.14. The summed E-state index contributed by atoms with van der Waals surface area (Å²) in [5, 5.41) is 0. The fourth-order valence-electron chi connectivity index (χ4n) is 1.33. The monoisotopic (exact) mass is 149 g/mol. The van der Waals surface area contributed by atoms with Gasteiger partial charge in [-0.25, -0.2) is 0 Å². The average Bonchev–Trinajstić information content (AvgIpc) is 2.58. The van der Waals surface area contributed by atoms with Gasteiger partial charge in [0.25, 0.3) is 0 Å². The van der Waals surface area contributed by atoms with E-state index in [-0.39, 0.29) is 0 Å². The van der Waals surface area contributed by atoms with E-state index in [4.69, 9.17) is 0 Å². The van der Waals surface area contributed by atoms with Gasteiger partial charge in [-0.15, -0.1) is 0 Å². The molecule has 1 aliphatic rings. The molecule has 0 saturated carbocycles. The van der Waals surface area contributed by atoms with Crippen LogP contribution in [0.4, 0.5) is 0 Å². The molecule has 3 nitrogen and oxygen atoms in total. The molecule has 0 amide bonds. The molecule has 1 saturated heterocycles. The number of nitrogens with zero attached hydrogens (tertiary/aromatic N) is 1. The van der Waals surface area contributed by atoms with Crippen LogP contribution >= 0.6 is 0 Å². The lowest BCUT2D eigenvalue weighted by molar-refractivity contribution is 0.689. The van der Waals surface area contributed by atoms with Gasteiger partial charge in [-0.05, 0) is 17.7 Å². The van der Waals surface area contributed by atoms with E-state index in [1.165, 1.54) is 5.56 Å². The fourth-order valence-corrected chi connectivity index (χ4v) is 1.33. The van der Waals surface area contributed by atoms with Gasteiger partial charge < -0.3 is 0 Å². The molecule has 11 heavy (non-hydrogen) atoms. The molecule has 1 aromatic heterocycles. The summed E-state index contributed by atoms with van der Waals surface area (Å²) in [4.78, 5) is 3.98. The Labute approximate surface area is 65.8 Å². The van der Waals surface area contributed by atoms with Crippen molar-refractivity contribution in [2.24, 2.45) is 0 Å². The summed E-state index contributed by atoms with van der Waals surface area (Å²) in [7, 11) is 0. The van der Waals surface area contributed by atoms with Gasteiger partial charge in [0.1, 0.15) is 0 Å². The quantitative estimate of drug-likeness (QED) is 0.602. The van der Waals surface area contributed by atoms with Crippen molar-refractivity contribution >= 4 is 0 Å². The van der Waals surface area contributed by atoms with Crippen LogP contribution in [0.1, 0.15) is 11.5 Å². The van der Waals surface area contributed by atoms with Crippen LogP contribution in [0.15, 0.2) is 24.5 Å². The summed E-state index contributed by atoms with van der Waals surface area (Å²) in [5.74, 6) is 0.609. The highest BCUT2D eigenvalue weighted by Gasteiger charge is 2.14. The largest absolute Gasteiger partial charge is 0.265 e. The smallest absolute Gasteiger partial charge is 0.0270 e. The van der Waals surface area contributed by atoms with Crippen molar-refractivity contribution in [3.05, 3.63) is 30.1 Å². The van der Waals surface area contributed by atoms with Crippen LogP contribution in [-0.2, 0) is 0 Å². The normalized spacial score (nSPS) is 18.9. The molecule has 58 valence electrons. The first-order valence-corrected chi connectivity index (χ1v) is 3.82. The van der Waals surface area contributed by atoms with Gasteiger partial charge in [0.15, 0.2) is 0 Å². The molecule has 0 atom stereocenters. The lowest BCUT2D eigenvalue weighted by Crippen LogP contribution is -2.21. The molecule has 2 rings (SSSR count). The van der Waals surface area contributed by atoms with Crippen LogP contribution in [0, 0.1) is 0 Å². The van der Waals surface area contributed by atoms with Crippen molar-refractivity contribution < 1.29 is 0 Å². The van der Waals surface area contributed by atoms with Gasteiger partial charge in [-0.2, -0.15) is 0 Å². The molecule has 1 aliphatic heterocycles. The van der Waals surface area contributed by atoms with E-state index in [0.717, 1.165) is 13.1 Å². The maximum absolute atomic E-state index is 3.98. The SMILES string of the molecule is c1cc(C2CNNC2)ccn1. The van der Waals surface area contributed by atoms with Crippen molar-refractivity contribution in [1.29, 1.82) is 0 Å². The van der Waals surface area contributed by atoms with Crippen molar-refractivity contribution in [3.63, 3.8) is 0 Å². The lowest BCUT2D eigenvalue weighted by Gasteiger charge is -2.05. The first-order valence-electron chi connectivity index (χ1n) is 3.82. The Morgan fingerprint density at radius 3 is 2.45 bits per heavy atom. The maximum Gasteiger partial charge on any atom is 0.0270 e. The van der Waals surface area contributed by atoms with Crippen LogP contribution in [0.3, 0.4) is 0 Å². The van der Waals surface area contributed by atoms with Gasteiger partial charge in [0.05, 0.1) is 0 Å². The predicted molar refractivity (Wildman–Crippen MR) is 43.0 cm³/mol. The Morgan fingerprint density at radius 1 is 1.18 bits per heavy atom. The lowest BCUT2D eigenvalue weighted by atomic mass is 10.0. The third-order valence-corrected chi connectivity index (χ3v) is 2.00. The standard InChI is InChI=1S/C8H11N3/c1-3-9-4-2-7(1)8-5-10-11-6-8/h1-4,8,10-11H,5-6H2. The Bertz CT molecular complexity index is 216. The van der Waals surface area contributed by atoms with E-state index in [0.29, 0.717) is 5.92 Å². The van der Waals surface area contributed by atoms with Crippen molar-refractivity contribution in [3.8, 4) is 0 Å². The zero-order valence-electron chi connectivity index (χ0n) is 6.25. The number of nitrogens with one attached hydrogen (secondary N) is 2. The van der Waals surface area contributed by atoms with Crippen LogP contribution in [0.25, 0.3) is 0 Å². The predicted octanol–water partition coefficient (Wildman–Crippen LogP) is 0.273. The number of hydrogen-bond acceptors (Lipinski definition) is 3. The van der Waals surface area contributed by atoms with Gasteiger partial charge >= 0.3 is 0 Å². The molecule has 0 aromatic carbocycles. The van der Waals surface area contributed by atoms with Gasteiger partial charge in [0, 0.05) is 31.4 Å². The minimum absolute atomic E-state index is 0.609. The zero-order chi connectivity index (χ0) is 7.52. The Kier molecular flexibility index (Phi) is 1.83. The molecular weight excluding hydrogens is 138 g/mol. The second-order valence-electron chi connectivity index (χ2n) is 2.74. The highest BCUT2D eigenvalue weighted by molar-refractivity contribution is 5.17. The summed E-state index contributed by atoms with van der Waals surface area (Å²) in [6.45, 7) is 2.04. The van der Waals surface area contributed by atoms with Crippen LogP contribution in [0.5, 0.6) is 0 Å². The van der Waals surface area contributed by atoms with Gasteiger partial charge in [-0.3, -0.25) is 15.8 Å². The van der Waals surface area contributed by atoms with Crippen molar-refractivity contribution in [2.75, 3.05) is 13.1 Å². The number of pyridine rings is 1. The van der Waals surface area contributed by atoms with Crippen LogP contribution in [-0.4, -0.2) is 18.1 Å². The zero-order valence-corrected chi connectivity index (χ0v) is 6.25. The third-order valence-electron chi connectivity index (χ3n) is 2.00. The van der Waals surface area contributed by atoms with E-state index in [1.807, 2.05) is 12.4 Å². The molecule has 0 spiro atoms. The second kappa shape index (κ2) is 2.98. The molecule has 0 unspecified atom stereocenters. The Hall–Kier alpha value is -0.930. The first kappa shape index (κ1) is 6.76. The summed E-state index contributed by atoms with van der Waals surface area (Å²) in [6.07, 6.45) is 3.68. The number of rotatable bonds is 1. The Balaban J connectivity index is 2.16. The van der Waals surface area contributed by atoms with Crippen molar-refractivity contribution in [1.82, 2.24) is 15.8 Å². The summed E-state index contributed by atoms with van der Waals surface area (Å²) >= 11 is 0.